The van der Waals surface area contributed by atoms with Crippen molar-refractivity contribution in [1.29, 1.82) is 0 Å². The van der Waals surface area contributed by atoms with Gasteiger partial charge in [0, 0.05) is 0 Å². The molecule has 0 aliphatic rings. The number of hydrogen-bond acceptors (Lipinski definition) is 0. The van der Waals surface area contributed by atoms with E-state index >= 15 is 0 Å². The molecular weight excluding hydrogens is 265 g/mol. The van der Waals surface area contributed by atoms with Gasteiger partial charge in [-0.05, 0) is 0 Å². The van der Waals surface area contributed by atoms with E-state index in [2.05, 4.69) is 0 Å². The van der Waals surface area contributed by atoms with Crippen LogP contribution in [0.5, 0.6) is 0 Å². The Bertz CT molecular complexity index is 8.00. The van der Waals surface area contributed by atoms with E-state index in [0.29, 0.717) is 0 Å². The molecule has 4 heavy (non-hydrogen) atoms. The topological polar surface area (TPSA) is 0 Å². The monoisotopic (exact) mass is 270 g/mol. The fourth-order valence-electron chi connectivity index (χ4n) is 0. The van der Waals surface area contributed by atoms with E-state index in [9.17, 15) is 0 Å². The summed E-state index contributed by atoms with van der Waals surface area (Å²) < 4.78 is 0. The van der Waals surface area contributed by atoms with Gasteiger partial charge < -0.3 is 0 Å². The summed E-state index contributed by atoms with van der Waals surface area (Å²) in [5.41, 5.74) is 0. The first-order valence-corrected chi connectivity index (χ1v) is 0. The van der Waals surface area contributed by atoms with E-state index in [4.69, 9.17) is 0 Å². The molecule has 0 saturated heterocycles. The molecule has 0 saturated carbocycles. The summed E-state index contributed by atoms with van der Waals surface area (Å²) in [7, 11) is 0. The first-order valence-electron chi connectivity index (χ1n) is 0. The molecule has 0 atom stereocenters. The van der Waals surface area contributed by atoms with Crippen LogP contribution in [-0.2, 0) is 0 Å². The Morgan fingerprint density at radius 2 is 1.00 bits per heavy atom. The molecule has 0 aromatic carbocycles. The molecule has 12 valence electrons. The van der Waals surface area contributed by atoms with Gasteiger partial charge in [-0.15, -0.1) is 0 Å². The van der Waals surface area contributed by atoms with Gasteiger partial charge in [-0.25, -0.2) is 0 Å². The van der Waals surface area contributed by atoms with Crippen molar-refractivity contribution < 1.29 is 0 Å². The quantitative estimate of drug-likeness (QED) is 0.409. The average molecular weight is 271 g/mol. The van der Waals surface area contributed by atoms with Crippen molar-refractivity contribution in [3.05, 3.63) is 0 Å². The first kappa shape index (κ1) is 22.8. The molecule has 0 N–H and O–H groups in total. The molecule has 0 aliphatic carbocycles. The van der Waals surface area contributed by atoms with Crippen LogP contribution < -0.4 is 0 Å². The molecule has 0 spiro atoms. The molecule has 0 amide bonds. The van der Waals surface area contributed by atoms with E-state index < -0.39 is 0 Å². The fourth-order valence-corrected chi connectivity index (χ4v) is 0. The van der Waals surface area contributed by atoms with Crippen molar-refractivity contribution in [1.82, 2.24) is 0 Å². The first-order chi connectivity index (χ1) is 0. The Kier molecular flexibility index (Phi) is 89.8. The van der Waals surface area contributed by atoms with E-state index in [-0.39, 0.29) is 170 Å². The Morgan fingerprint density at radius 1 is 1.00 bits per heavy atom. The number of rotatable bonds is 0. The van der Waals surface area contributed by atoms with Crippen molar-refractivity contribution in [2.24, 2.45) is 0 Å². The van der Waals surface area contributed by atoms with Crippen LogP contribution in [0.2, 0.25) is 0 Å². The van der Waals surface area contributed by atoms with Crippen LogP contribution in [0.3, 0.4) is 0 Å². The molecule has 0 heterocycles. The zero-order chi connectivity index (χ0) is 0. The molecule has 0 unspecified atom stereocenters. The van der Waals surface area contributed by atoms with E-state index in [0.717, 1.165) is 0 Å². The van der Waals surface area contributed by atoms with Crippen LogP contribution >= 0.6 is 0 Å². The molecular formula is H6CsGaKNa. The summed E-state index contributed by atoms with van der Waals surface area (Å²) in [6.07, 6.45) is 0. The van der Waals surface area contributed by atoms with Crippen molar-refractivity contribution in [3.8, 4) is 0 Å². The van der Waals surface area contributed by atoms with Gasteiger partial charge in [0.1, 0.15) is 0 Å². The Labute approximate surface area is 163 Å². The summed E-state index contributed by atoms with van der Waals surface area (Å²) in [5, 5.41) is 0. The van der Waals surface area contributed by atoms with Crippen molar-refractivity contribution in [2.75, 3.05) is 0 Å². The zero-order valence-corrected chi connectivity index (χ0v) is 0. The molecule has 4 heteroatoms. The van der Waals surface area contributed by atoms with Crippen molar-refractivity contribution in [3.63, 3.8) is 0 Å². The van der Waals surface area contributed by atoms with Crippen LogP contribution in [0.25, 0.3) is 0 Å². The van der Waals surface area contributed by atoms with Gasteiger partial charge in [0.15, 0.2) is 0 Å². The minimum absolute atomic E-state index is 0. The molecule has 0 aliphatic heterocycles. The van der Waals surface area contributed by atoms with Crippen molar-refractivity contribution >= 4 is 170 Å². The van der Waals surface area contributed by atoms with Crippen LogP contribution in [-0.4, -0.2) is 170 Å². The molecule has 0 bridgehead atoms. The summed E-state index contributed by atoms with van der Waals surface area (Å²) in [5.74, 6) is 0. The van der Waals surface area contributed by atoms with Gasteiger partial charge in [-0.1, -0.05) is 0 Å². The van der Waals surface area contributed by atoms with Gasteiger partial charge in [0.25, 0.3) is 0 Å². The summed E-state index contributed by atoms with van der Waals surface area (Å²) >= 11 is 0. The molecule has 0 aromatic rings. The third-order valence-electron chi connectivity index (χ3n) is 0. The van der Waals surface area contributed by atoms with Crippen LogP contribution in [0.4, 0.5) is 0 Å². The normalized spacial score (nSPS) is 0. The second-order valence-electron chi connectivity index (χ2n) is 0. The SMILES string of the molecule is [CsH].[GaH3].[KH].[NaH]. The average Bonchev–Trinajstić information content (AvgIpc) is 0. The number of hydrogen-bond donors (Lipinski definition) is 0. The van der Waals surface area contributed by atoms with Gasteiger partial charge in [0.2, 0.25) is 0 Å². The third kappa shape index (κ3) is 10.3. The minimum atomic E-state index is 0. The van der Waals surface area contributed by atoms with Gasteiger partial charge in [-0.3, -0.25) is 0 Å². The van der Waals surface area contributed by atoms with Gasteiger partial charge in [-0.2, -0.15) is 0 Å². The fraction of sp³-hybridized carbons (Fsp3) is 0. The zero-order valence-electron chi connectivity index (χ0n) is 0. The third-order valence-corrected chi connectivity index (χ3v) is 0. The van der Waals surface area contributed by atoms with E-state index in [1.54, 1.807) is 0 Å². The molecule has 0 fully saturated rings. The van der Waals surface area contributed by atoms with Crippen LogP contribution in [0, 0.1) is 0 Å². The van der Waals surface area contributed by atoms with Gasteiger partial charge in [0.05, 0.1) is 0 Å². The summed E-state index contributed by atoms with van der Waals surface area (Å²) in [4.78, 5) is 0. The second kappa shape index (κ2) is 15.8. The molecule has 0 radical (unpaired) electrons. The Balaban J connectivity index is 0. The van der Waals surface area contributed by atoms with E-state index in [1.165, 1.54) is 0 Å². The van der Waals surface area contributed by atoms with Crippen LogP contribution in [0.1, 0.15) is 0 Å². The van der Waals surface area contributed by atoms with Gasteiger partial charge >= 0.3 is 170 Å². The Hall–Kier alpha value is 5.32. The second-order valence-corrected chi connectivity index (χ2v) is 0. The summed E-state index contributed by atoms with van der Waals surface area (Å²) in [6, 6.07) is 0. The summed E-state index contributed by atoms with van der Waals surface area (Å²) in [6.45, 7) is 0. The predicted octanol–water partition coefficient (Wildman–Crippen LogP) is -3.13. The molecule has 0 aromatic heterocycles. The predicted molar refractivity (Wildman–Crippen MR) is 31.4 cm³/mol. The Morgan fingerprint density at radius 3 is 1.00 bits per heavy atom. The van der Waals surface area contributed by atoms with E-state index in [1.807, 2.05) is 0 Å². The molecule has 0 rings (SSSR count). The van der Waals surface area contributed by atoms with Crippen molar-refractivity contribution in [2.45, 2.75) is 0 Å². The van der Waals surface area contributed by atoms with Crippen LogP contribution in [0.15, 0.2) is 0 Å². The molecule has 0 nitrogen and oxygen atoms in total. The standard InChI is InChI=1S/Cs.Ga.K.Na.6H. The maximum absolute atomic E-state index is 0. The maximum atomic E-state index is 0.